The number of ether oxygens (including phenoxy) is 1. The zero-order valence-corrected chi connectivity index (χ0v) is 17.2. The molecule has 0 spiro atoms. The van der Waals surface area contributed by atoms with E-state index in [0.717, 1.165) is 27.9 Å². The van der Waals surface area contributed by atoms with Crippen molar-refractivity contribution < 1.29 is 4.74 Å². The zero-order chi connectivity index (χ0) is 15.4. The van der Waals surface area contributed by atoms with Gasteiger partial charge in [0.15, 0.2) is 5.96 Å². The number of nitrogens with zero attached hydrogens (tertiary/aromatic N) is 1. The maximum Gasteiger partial charge on any atom is 0.189 e. The Kier molecular flexibility index (Phi) is 7.16. The van der Waals surface area contributed by atoms with Crippen molar-refractivity contribution in [2.45, 2.75) is 18.9 Å². The molecule has 3 rings (SSSR count). The molecule has 0 aliphatic carbocycles. The predicted molar refractivity (Wildman–Crippen MR) is 110 cm³/mol. The first-order valence-electron chi connectivity index (χ1n) is 7.25. The molecule has 0 bridgehead atoms. The third-order valence-electron chi connectivity index (χ3n) is 3.55. The van der Waals surface area contributed by atoms with Gasteiger partial charge in [-0.2, -0.15) is 0 Å². The summed E-state index contributed by atoms with van der Waals surface area (Å²) in [5, 5.41) is 3.31. The van der Waals surface area contributed by atoms with Crippen LogP contribution in [0.5, 0.6) is 5.75 Å². The fourth-order valence-corrected chi connectivity index (χ4v) is 3.96. The van der Waals surface area contributed by atoms with E-state index in [1.54, 1.807) is 11.3 Å². The van der Waals surface area contributed by atoms with Crippen molar-refractivity contribution in [3.63, 3.8) is 0 Å². The molecule has 0 saturated carbocycles. The fraction of sp³-hybridized carbons (Fsp3) is 0.312. The van der Waals surface area contributed by atoms with Crippen molar-refractivity contribution in [3.8, 4) is 5.75 Å². The Morgan fingerprint density at radius 3 is 2.96 bits per heavy atom. The van der Waals surface area contributed by atoms with E-state index in [1.165, 1.54) is 4.88 Å². The Hall–Kier alpha value is -0.800. The molecule has 0 radical (unpaired) electrons. The summed E-state index contributed by atoms with van der Waals surface area (Å²) in [6, 6.07) is 12.4. The zero-order valence-electron chi connectivity index (χ0n) is 12.5. The highest BCUT2D eigenvalue weighted by atomic mass is 127. The van der Waals surface area contributed by atoms with Crippen molar-refractivity contribution in [1.29, 1.82) is 0 Å². The SMILES string of the molecule is I.NC(=NCCc1ccc(Br)s1)NC1CCOc2ccccc21. The predicted octanol–water partition coefficient (Wildman–Crippen LogP) is 4.10. The highest BCUT2D eigenvalue weighted by Crippen LogP contribution is 2.31. The van der Waals surface area contributed by atoms with Crippen molar-refractivity contribution in [2.24, 2.45) is 10.7 Å². The molecule has 4 nitrogen and oxygen atoms in total. The number of nitrogens with one attached hydrogen (secondary N) is 1. The summed E-state index contributed by atoms with van der Waals surface area (Å²) < 4.78 is 6.80. The second-order valence-corrected chi connectivity index (χ2v) is 7.64. The molecule has 0 fully saturated rings. The highest BCUT2D eigenvalue weighted by Gasteiger charge is 2.21. The first-order chi connectivity index (χ1) is 10.7. The summed E-state index contributed by atoms with van der Waals surface area (Å²) in [5.41, 5.74) is 7.17. The fourth-order valence-electron chi connectivity index (χ4n) is 2.49. The Labute approximate surface area is 165 Å². The topological polar surface area (TPSA) is 59.6 Å². The Morgan fingerprint density at radius 2 is 2.17 bits per heavy atom. The largest absolute Gasteiger partial charge is 0.493 e. The van der Waals surface area contributed by atoms with Gasteiger partial charge in [-0.3, -0.25) is 4.99 Å². The number of hydrogen-bond donors (Lipinski definition) is 2. The number of guanidine groups is 1. The normalized spacial score (nSPS) is 16.9. The van der Waals surface area contributed by atoms with Gasteiger partial charge in [0.25, 0.3) is 0 Å². The van der Waals surface area contributed by atoms with Crippen LogP contribution in [0.2, 0.25) is 0 Å². The van der Waals surface area contributed by atoms with E-state index in [4.69, 9.17) is 10.5 Å². The average molecular weight is 508 g/mol. The third kappa shape index (κ3) is 5.09. The quantitative estimate of drug-likeness (QED) is 0.372. The second kappa shape index (κ2) is 8.89. The molecule has 2 aromatic rings. The van der Waals surface area contributed by atoms with Gasteiger partial charge in [-0.15, -0.1) is 35.3 Å². The van der Waals surface area contributed by atoms with Gasteiger partial charge >= 0.3 is 0 Å². The van der Waals surface area contributed by atoms with Crippen molar-refractivity contribution in [2.75, 3.05) is 13.2 Å². The molecule has 0 amide bonds. The highest BCUT2D eigenvalue weighted by molar-refractivity contribution is 14.0. The summed E-state index contributed by atoms with van der Waals surface area (Å²) >= 11 is 5.20. The number of thiophene rings is 1. The van der Waals surface area contributed by atoms with Crippen LogP contribution in [0.15, 0.2) is 45.2 Å². The van der Waals surface area contributed by atoms with Crippen LogP contribution in [0.3, 0.4) is 0 Å². The van der Waals surface area contributed by atoms with Crippen molar-refractivity contribution in [3.05, 3.63) is 50.6 Å². The van der Waals surface area contributed by atoms with Gasteiger partial charge in [0.2, 0.25) is 0 Å². The van der Waals surface area contributed by atoms with Gasteiger partial charge in [-0.25, -0.2) is 0 Å². The second-order valence-electron chi connectivity index (χ2n) is 5.09. The van der Waals surface area contributed by atoms with Crippen molar-refractivity contribution in [1.82, 2.24) is 5.32 Å². The van der Waals surface area contributed by atoms with Crippen LogP contribution >= 0.6 is 51.2 Å². The van der Waals surface area contributed by atoms with Crippen LogP contribution in [0.25, 0.3) is 0 Å². The first-order valence-corrected chi connectivity index (χ1v) is 8.86. The minimum atomic E-state index is 0. The molecule has 1 aliphatic rings. The third-order valence-corrected chi connectivity index (χ3v) is 5.23. The molecule has 124 valence electrons. The van der Waals surface area contributed by atoms with Crippen LogP contribution in [0.1, 0.15) is 22.9 Å². The number of halogens is 2. The molecule has 1 aromatic carbocycles. The molecular formula is C16H19BrIN3OS. The van der Waals surface area contributed by atoms with E-state index in [-0.39, 0.29) is 30.0 Å². The lowest BCUT2D eigenvalue weighted by molar-refractivity contribution is 0.262. The molecule has 2 heterocycles. The van der Waals surface area contributed by atoms with Crippen molar-refractivity contribution >= 4 is 57.2 Å². The van der Waals surface area contributed by atoms with Crippen LogP contribution < -0.4 is 15.8 Å². The molecule has 7 heteroatoms. The number of hydrogen-bond acceptors (Lipinski definition) is 3. The number of para-hydroxylation sites is 1. The van der Waals surface area contributed by atoms with E-state index < -0.39 is 0 Å². The van der Waals surface area contributed by atoms with Gasteiger partial charge in [0.1, 0.15) is 5.75 Å². The van der Waals surface area contributed by atoms with Gasteiger partial charge < -0.3 is 15.8 Å². The maximum atomic E-state index is 6.02. The standard InChI is InChI=1S/C16H18BrN3OS.HI/c17-15-6-5-11(22-15)7-9-19-16(18)20-13-8-10-21-14-4-2-1-3-12(13)14;/h1-6,13H,7-10H2,(H3,18,19,20);1H. The number of fused-ring (bicyclic) bond motifs is 1. The molecular weight excluding hydrogens is 489 g/mol. The molecule has 23 heavy (non-hydrogen) atoms. The van der Waals surface area contributed by atoms with E-state index in [2.05, 4.69) is 44.4 Å². The first kappa shape index (κ1) is 18.5. The molecule has 3 N–H and O–H groups in total. The summed E-state index contributed by atoms with van der Waals surface area (Å²) in [5.74, 6) is 1.43. The van der Waals surface area contributed by atoms with Crippen LogP contribution in [0, 0.1) is 0 Å². The lowest BCUT2D eigenvalue weighted by Crippen LogP contribution is -2.37. The van der Waals surface area contributed by atoms with Gasteiger partial charge in [0.05, 0.1) is 16.4 Å². The monoisotopic (exact) mass is 507 g/mol. The number of aliphatic imine (C=N–C) groups is 1. The molecule has 1 aliphatic heterocycles. The molecule has 1 aromatic heterocycles. The Morgan fingerprint density at radius 1 is 1.35 bits per heavy atom. The minimum absolute atomic E-state index is 0. The molecule has 0 saturated heterocycles. The van der Waals surface area contributed by atoms with E-state index >= 15 is 0 Å². The number of benzene rings is 1. The summed E-state index contributed by atoms with van der Waals surface area (Å²) in [7, 11) is 0. The summed E-state index contributed by atoms with van der Waals surface area (Å²) in [6.07, 6.45) is 1.80. The Balaban J connectivity index is 0.00000192. The van der Waals surface area contributed by atoms with Gasteiger partial charge in [-0.1, -0.05) is 18.2 Å². The maximum absolute atomic E-state index is 6.02. The van der Waals surface area contributed by atoms with Crippen LogP contribution in [0.4, 0.5) is 0 Å². The van der Waals surface area contributed by atoms with Gasteiger partial charge in [0, 0.05) is 29.8 Å². The lowest BCUT2D eigenvalue weighted by atomic mass is 10.0. The van der Waals surface area contributed by atoms with Crippen LogP contribution in [-0.2, 0) is 6.42 Å². The number of rotatable bonds is 4. The summed E-state index contributed by atoms with van der Waals surface area (Å²) in [4.78, 5) is 5.73. The number of nitrogens with two attached hydrogens (primary N) is 1. The molecule has 1 unspecified atom stereocenters. The Bertz CT molecular complexity index is 677. The minimum Gasteiger partial charge on any atom is -0.493 e. The average Bonchev–Trinajstić information content (AvgIpc) is 2.93. The molecule has 1 atom stereocenters. The van der Waals surface area contributed by atoms with Crippen LogP contribution in [-0.4, -0.2) is 19.1 Å². The lowest BCUT2D eigenvalue weighted by Gasteiger charge is -2.26. The summed E-state index contributed by atoms with van der Waals surface area (Å²) in [6.45, 7) is 1.39. The smallest absolute Gasteiger partial charge is 0.189 e. The van der Waals surface area contributed by atoms with Gasteiger partial charge in [-0.05, 0) is 34.1 Å². The van der Waals surface area contributed by atoms with E-state index in [9.17, 15) is 0 Å². The van der Waals surface area contributed by atoms with E-state index in [1.807, 2.05) is 18.2 Å². The van der Waals surface area contributed by atoms with E-state index in [0.29, 0.717) is 19.1 Å².